The minimum atomic E-state index is -0.330. The summed E-state index contributed by atoms with van der Waals surface area (Å²) in [6.07, 6.45) is 7.76. The van der Waals surface area contributed by atoms with E-state index in [0.717, 1.165) is 48.8 Å². The molecule has 2 rings (SSSR count). The fraction of sp³-hybridized carbons (Fsp3) is 0.588. The maximum atomic E-state index is 11.0. The van der Waals surface area contributed by atoms with Gasteiger partial charge in [0.1, 0.15) is 0 Å². The molecule has 0 aliphatic heterocycles. The molecule has 1 heterocycles. The highest BCUT2D eigenvalue weighted by Crippen LogP contribution is 2.25. The van der Waals surface area contributed by atoms with Gasteiger partial charge in [0.25, 0.3) is 5.69 Å². The van der Waals surface area contributed by atoms with Crippen molar-refractivity contribution in [2.75, 3.05) is 0 Å². The number of aryl methyl sites for hydroxylation is 2. The highest BCUT2D eigenvalue weighted by Gasteiger charge is 2.14. The summed E-state index contributed by atoms with van der Waals surface area (Å²) in [7, 11) is 0. The SMILES string of the molecule is CCCCCc1nn(CCCCC)c2ccc([N+](=O)[O-])cc12. The first kappa shape index (κ1) is 16.5. The Morgan fingerprint density at radius 3 is 2.55 bits per heavy atom. The number of hydrogen-bond acceptors (Lipinski definition) is 3. The normalized spacial score (nSPS) is 11.2. The van der Waals surface area contributed by atoms with Crippen molar-refractivity contribution in [3.63, 3.8) is 0 Å². The molecule has 1 aromatic carbocycles. The van der Waals surface area contributed by atoms with Gasteiger partial charge in [0.15, 0.2) is 0 Å². The van der Waals surface area contributed by atoms with Crippen molar-refractivity contribution < 1.29 is 4.92 Å². The molecule has 0 fully saturated rings. The van der Waals surface area contributed by atoms with Crippen LogP contribution in [0.5, 0.6) is 0 Å². The smallest absolute Gasteiger partial charge is 0.265 e. The lowest BCUT2D eigenvalue weighted by Gasteiger charge is -2.02. The third-order valence-electron chi connectivity index (χ3n) is 4.01. The molecule has 0 amide bonds. The Labute approximate surface area is 131 Å². The lowest BCUT2D eigenvalue weighted by molar-refractivity contribution is -0.384. The number of aromatic nitrogens is 2. The number of nitro benzene ring substituents is 1. The van der Waals surface area contributed by atoms with Gasteiger partial charge in [-0.3, -0.25) is 14.8 Å². The number of benzene rings is 1. The van der Waals surface area contributed by atoms with E-state index in [-0.39, 0.29) is 10.6 Å². The quantitative estimate of drug-likeness (QED) is 0.377. The molecule has 1 aromatic heterocycles. The monoisotopic (exact) mass is 303 g/mol. The molecule has 0 unspecified atom stereocenters. The fourth-order valence-corrected chi connectivity index (χ4v) is 2.76. The fourth-order valence-electron chi connectivity index (χ4n) is 2.76. The van der Waals surface area contributed by atoms with Crippen molar-refractivity contribution in [2.24, 2.45) is 0 Å². The number of unbranched alkanes of at least 4 members (excludes halogenated alkanes) is 4. The lowest BCUT2D eigenvalue weighted by Crippen LogP contribution is -2.00. The van der Waals surface area contributed by atoms with Gasteiger partial charge >= 0.3 is 0 Å². The standard InChI is InChI=1S/C17H25N3O2/c1-3-5-7-9-16-15-13-14(20(21)22)10-11-17(15)19(18-16)12-8-6-4-2/h10-11,13H,3-9,12H2,1-2H3. The summed E-state index contributed by atoms with van der Waals surface area (Å²) in [4.78, 5) is 10.7. The molecule has 0 saturated heterocycles. The molecule has 0 N–H and O–H groups in total. The molecular weight excluding hydrogens is 278 g/mol. The van der Waals surface area contributed by atoms with Gasteiger partial charge in [-0.2, -0.15) is 5.10 Å². The van der Waals surface area contributed by atoms with Crippen LogP contribution in [0.15, 0.2) is 18.2 Å². The van der Waals surface area contributed by atoms with Gasteiger partial charge in [0.05, 0.1) is 16.1 Å². The van der Waals surface area contributed by atoms with E-state index < -0.39 is 0 Å². The van der Waals surface area contributed by atoms with Crippen LogP contribution in [0, 0.1) is 10.1 Å². The highest BCUT2D eigenvalue weighted by molar-refractivity contribution is 5.84. The van der Waals surface area contributed by atoms with Crippen LogP contribution >= 0.6 is 0 Å². The largest absolute Gasteiger partial charge is 0.270 e. The van der Waals surface area contributed by atoms with Crippen molar-refractivity contribution in [1.29, 1.82) is 0 Å². The van der Waals surface area contributed by atoms with E-state index in [1.807, 2.05) is 10.7 Å². The van der Waals surface area contributed by atoms with Gasteiger partial charge in [0, 0.05) is 24.1 Å². The topological polar surface area (TPSA) is 61.0 Å². The van der Waals surface area contributed by atoms with Crippen molar-refractivity contribution in [3.8, 4) is 0 Å². The molecule has 0 radical (unpaired) electrons. The number of non-ortho nitro benzene ring substituents is 1. The summed E-state index contributed by atoms with van der Waals surface area (Å²) in [6.45, 7) is 5.24. The minimum Gasteiger partial charge on any atom is -0.265 e. The first-order valence-electron chi connectivity index (χ1n) is 8.31. The van der Waals surface area contributed by atoms with Gasteiger partial charge in [-0.25, -0.2) is 0 Å². The average Bonchev–Trinajstić information content (AvgIpc) is 2.85. The number of fused-ring (bicyclic) bond motifs is 1. The van der Waals surface area contributed by atoms with Gasteiger partial charge in [-0.15, -0.1) is 0 Å². The number of nitro groups is 1. The maximum absolute atomic E-state index is 11.0. The van der Waals surface area contributed by atoms with E-state index in [0.29, 0.717) is 0 Å². The van der Waals surface area contributed by atoms with Crippen LogP contribution in [0.25, 0.3) is 10.9 Å². The molecule has 0 spiro atoms. The van der Waals surface area contributed by atoms with Crippen molar-refractivity contribution in [2.45, 2.75) is 65.3 Å². The van der Waals surface area contributed by atoms with Gasteiger partial charge < -0.3 is 0 Å². The predicted octanol–water partition coefficient (Wildman–Crippen LogP) is 4.87. The second kappa shape index (κ2) is 7.92. The van der Waals surface area contributed by atoms with Crippen LogP contribution in [0.2, 0.25) is 0 Å². The first-order chi connectivity index (χ1) is 10.7. The Bertz CT molecular complexity index is 634. The Hall–Kier alpha value is -1.91. The number of rotatable bonds is 9. The molecule has 0 saturated carbocycles. The third-order valence-corrected chi connectivity index (χ3v) is 4.01. The molecule has 2 aromatic rings. The van der Waals surface area contributed by atoms with Crippen LogP contribution < -0.4 is 0 Å². The summed E-state index contributed by atoms with van der Waals surface area (Å²) in [5, 5.41) is 16.7. The highest BCUT2D eigenvalue weighted by atomic mass is 16.6. The van der Waals surface area contributed by atoms with Crippen molar-refractivity contribution >= 4 is 16.6 Å². The predicted molar refractivity (Wildman–Crippen MR) is 89.1 cm³/mol. The zero-order valence-electron chi connectivity index (χ0n) is 13.5. The lowest BCUT2D eigenvalue weighted by atomic mass is 10.1. The summed E-state index contributed by atoms with van der Waals surface area (Å²) >= 11 is 0. The van der Waals surface area contributed by atoms with Gasteiger partial charge in [0.2, 0.25) is 0 Å². The van der Waals surface area contributed by atoms with E-state index >= 15 is 0 Å². The molecule has 0 bridgehead atoms. The van der Waals surface area contributed by atoms with E-state index in [1.165, 1.54) is 19.3 Å². The molecule has 5 nitrogen and oxygen atoms in total. The van der Waals surface area contributed by atoms with Crippen LogP contribution in [0.1, 0.15) is 58.1 Å². The summed E-state index contributed by atoms with van der Waals surface area (Å²) in [5.41, 5.74) is 2.18. The van der Waals surface area contributed by atoms with E-state index in [2.05, 4.69) is 13.8 Å². The Morgan fingerprint density at radius 2 is 1.86 bits per heavy atom. The molecule has 0 atom stereocenters. The van der Waals surface area contributed by atoms with Crippen LogP contribution in [-0.4, -0.2) is 14.7 Å². The number of hydrogen-bond donors (Lipinski definition) is 0. The molecule has 0 aliphatic rings. The van der Waals surface area contributed by atoms with Gasteiger partial charge in [-0.05, 0) is 25.3 Å². The summed E-state index contributed by atoms with van der Waals surface area (Å²) < 4.78 is 2.02. The Morgan fingerprint density at radius 1 is 1.14 bits per heavy atom. The summed E-state index contributed by atoms with van der Waals surface area (Å²) in [6, 6.07) is 5.10. The Kier molecular flexibility index (Phi) is 5.92. The van der Waals surface area contributed by atoms with Crippen LogP contribution in [0.3, 0.4) is 0 Å². The summed E-state index contributed by atoms with van der Waals surface area (Å²) in [5.74, 6) is 0. The van der Waals surface area contributed by atoms with Crippen molar-refractivity contribution in [3.05, 3.63) is 34.0 Å². The molecule has 22 heavy (non-hydrogen) atoms. The average molecular weight is 303 g/mol. The van der Waals surface area contributed by atoms with Crippen LogP contribution in [-0.2, 0) is 13.0 Å². The van der Waals surface area contributed by atoms with Crippen LogP contribution in [0.4, 0.5) is 5.69 Å². The molecule has 0 aliphatic carbocycles. The molecular formula is C17H25N3O2. The van der Waals surface area contributed by atoms with Crippen molar-refractivity contribution in [1.82, 2.24) is 9.78 Å². The van der Waals surface area contributed by atoms with E-state index in [4.69, 9.17) is 5.10 Å². The zero-order chi connectivity index (χ0) is 15.9. The second-order valence-corrected chi connectivity index (χ2v) is 5.79. The minimum absolute atomic E-state index is 0.150. The van der Waals surface area contributed by atoms with E-state index in [1.54, 1.807) is 12.1 Å². The second-order valence-electron chi connectivity index (χ2n) is 5.79. The number of nitrogens with zero attached hydrogens (tertiary/aromatic N) is 3. The third kappa shape index (κ3) is 3.84. The Balaban J connectivity index is 2.32. The van der Waals surface area contributed by atoms with Gasteiger partial charge in [-0.1, -0.05) is 39.5 Å². The maximum Gasteiger partial charge on any atom is 0.270 e. The zero-order valence-corrected chi connectivity index (χ0v) is 13.5. The first-order valence-corrected chi connectivity index (χ1v) is 8.31. The molecule has 120 valence electrons. The molecule has 5 heteroatoms. The van der Waals surface area contributed by atoms with E-state index in [9.17, 15) is 10.1 Å².